The van der Waals surface area contributed by atoms with Crippen LogP contribution in [0.1, 0.15) is 31.2 Å². The zero-order valence-electron chi connectivity index (χ0n) is 15.1. The van der Waals surface area contributed by atoms with E-state index in [0.29, 0.717) is 25.7 Å². The van der Waals surface area contributed by atoms with Crippen molar-refractivity contribution in [3.63, 3.8) is 0 Å². The number of nitrogens with one attached hydrogen (secondary N) is 1. The topological polar surface area (TPSA) is 97.0 Å². The van der Waals surface area contributed by atoms with Gasteiger partial charge in [0.2, 0.25) is 0 Å². The number of hydrogen-bond acceptors (Lipinski definition) is 6. The zero-order valence-corrected chi connectivity index (χ0v) is 15.1. The molecule has 1 aliphatic rings. The maximum atomic E-state index is 13.3. The molecule has 5 N–H and O–H groups in total. The molecular weight excluding hydrogens is 384 g/mol. The van der Waals surface area contributed by atoms with Gasteiger partial charge >= 0.3 is 0 Å². The molecule has 0 spiro atoms. The van der Waals surface area contributed by atoms with Crippen LogP contribution in [-0.2, 0) is 9.68 Å². The number of hydrogen-bond donors (Lipinski definition) is 4. The van der Waals surface area contributed by atoms with Gasteiger partial charge in [0.15, 0.2) is 17.5 Å². The van der Waals surface area contributed by atoms with E-state index < -0.39 is 42.3 Å². The average Bonchev–Trinajstić information content (AvgIpc) is 2.68. The smallest absolute Gasteiger partial charge is 0.194 e. The van der Waals surface area contributed by atoms with E-state index >= 15 is 0 Å². The molecule has 0 aromatic heterocycles. The molecule has 10 heteroatoms. The van der Waals surface area contributed by atoms with E-state index in [-0.39, 0.29) is 24.0 Å². The van der Waals surface area contributed by atoms with Gasteiger partial charge in [-0.3, -0.25) is 0 Å². The summed E-state index contributed by atoms with van der Waals surface area (Å²) < 4.78 is 57.1. The molecule has 1 aliphatic heterocycles. The first-order chi connectivity index (χ1) is 13.4. The van der Waals surface area contributed by atoms with E-state index in [0.717, 1.165) is 12.1 Å². The van der Waals surface area contributed by atoms with E-state index in [2.05, 4.69) is 10.3 Å². The standard InChI is InChI=1S/C18H24F4N2O4/c19-12-5-10(6-13(20)17(12)21)14(23)8-24-15-7-11(3-1-2-4-27-22)28-16(9-25)18(15)26/h5-6,8,11,15-16,18,24-26H,1-4,7,9,23H2/b14-8-. The Morgan fingerprint density at radius 1 is 1.29 bits per heavy atom. The Bertz CT molecular complexity index is 654. The number of aliphatic hydroxyl groups excluding tert-OH is 2. The summed E-state index contributed by atoms with van der Waals surface area (Å²) in [5, 5.41) is 22.6. The second-order valence-corrected chi connectivity index (χ2v) is 6.64. The van der Waals surface area contributed by atoms with Gasteiger partial charge in [-0.15, -0.1) is 0 Å². The minimum absolute atomic E-state index is 0.0233. The second-order valence-electron chi connectivity index (χ2n) is 6.64. The van der Waals surface area contributed by atoms with Crippen LogP contribution in [0.4, 0.5) is 17.7 Å². The van der Waals surface area contributed by atoms with Crippen molar-refractivity contribution in [3.05, 3.63) is 41.3 Å². The molecule has 4 unspecified atom stereocenters. The van der Waals surface area contributed by atoms with E-state index in [9.17, 15) is 27.9 Å². The van der Waals surface area contributed by atoms with Crippen molar-refractivity contribution in [2.75, 3.05) is 13.2 Å². The molecule has 0 bridgehead atoms. The summed E-state index contributed by atoms with van der Waals surface area (Å²) in [6.07, 6.45) is 1.13. The quantitative estimate of drug-likeness (QED) is 0.283. The molecule has 1 saturated heterocycles. The molecule has 1 aromatic carbocycles. The molecule has 1 fully saturated rings. The van der Waals surface area contributed by atoms with Gasteiger partial charge in [-0.25, -0.2) is 13.2 Å². The minimum Gasteiger partial charge on any atom is -0.397 e. The first-order valence-corrected chi connectivity index (χ1v) is 8.91. The van der Waals surface area contributed by atoms with Crippen molar-refractivity contribution in [2.24, 2.45) is 5.73 Å². The second kappa shape index (κ2) is 10.6. The zero-order chi connectivity index (χ0) is 20.7. The van der Waals surface area contributed by atoms with Crippen molar-refractivity contribution >= 4 is 5.70 Å². The van der Waals surface area contributed by atoms with Gasteiger partial charge in [0.1, 0.15) is 12.2 Å². The third-order valence-electron chi connectivity index (χ3n) is 4.62. The lowest BCUT2D eigenvalue weighted by Crippen LogP contribution is -2.54. The lowest BCUT2D eigenvalue weighted by atomic mass is 9.93. The van der Waals surface area contributed by atoms with Crippen molar-refractivity contribution in [1.29, 1.82) is 0 Å². The maximum absolute atomic E-state index is 13.3. The van der Waals surface area contributed by atoms with Crippen LogP contribution in [0.25, 0.3) is 5.70 Å². The van der Waals surface area contributed by atoms with Crippen LogP contribution in [0.2, 0.25) is 0 Å². The molecule has 0 saturated carbocycles. The monoisotopic (exact) mass is 408 g/mol. The van der Waals surface area contributed by atoms with Crippen LogP contribution in [0.3, 0.4) is 0 Å². The summed E-state index contributed by atoms with van der Waals surface area (Å²) in [7, 11) is 0. The Hall–Kier alpha value is -1.88. The number of unbranched alkanes of at least 4 members (excludes halogenated alkanes) is 1. The first kappa shape index (κ1) is 22.4. The van der Waals surface area contributed by atoms with E-state index in [1.54, 1.807) is 0 Å². The van der Waals surface area contributed by atoms with Crippen LogP contribution >= 0.6 is 0 Å². The van der Waals surface area contributed by atoms with Gasteiger partial charge in [0.25, 0.3) is 0 Å². The Kier molecular flexibility index (Phi) is 8.49. The van der Waals surface area contributed by atoms with E-state index in [4.69, 9.17) is 10.5 Å². The van der Waals surface area contributed by atoms with Crippen LogP contribution in [0.15, 0.2) is 18.3 Å². The normalized spacial score (nSPS) is 25.7. The summed E-state index contributed by atoms with van der Waals surface area (Å²) in [6.45, 7) is -0.429. The molecule has 0 aliphatic carbocycles. The molecule has 0 amide bonds. The highest BCUT2D eigenvalue weighted by Gasteiger charge is 2.36. The SMILES string of the molecule is N/C(=C\NC1CC(CCCCOF)OC(CO)C1O)c1cc(F)c(F)c(F)c1. The Morgan fingerprint density at radius 3 is 2.57 bits per heavy atom. The Labute approximate surface area is 159 Å². The average molecular weight is 408 g/mol. The third kappa shape index (κ3) is 5.81. The van der Waals surface area contributed by atoms with Gasteiger partial charge < -0.3 is 26.0 Å². The highest BCUT2D eigenvalue weighted by molar-refractivity contribution is 5.62. The number of halogens is 4. The molecule has 0 radical (unpaired) electrons. The van der Waals surface area contributed by atoms with Gasteiger partial charge in [0.05, 0.1) is 31.1 Å². The van der Waals surface area contributed by atoms with E-state index in [1.165, 1.54) is 6.20 Å². The van der Waals surface area contributed by atoms with Gasteiger partial charge in [-0.05, 0) is 42.3 Å². The summed E-state index contributed by atoms with van der Waals surface area (Å²) in [6, 6.07) is 0.971. The number of benzene rings is 1. The van der Waals surface area contributed by atoms with Crippen molar-refractivity contribution < 1.29 is 37.6 Å². The van der Waals surface area contributed by atoms with Gasteiger partial charge in [0, 0.05) is 11.8 Å². The van der Waals surface area contributed by atoms with Gasteiger partial charge in [-0.2, -0.15) is 4.94 Å². The van der Waals surface area contributed by atoms with Crippen LogP contribution < -0.4 is 11.1 Å². The lowest BCUT2D eigenvalue weighted by Gasteiger charge is -2.39. The molecule has 1 heterocycles. The number of aliphatic hydroxyl groups is 2. The fourth-order valence-corrected chi connectivity index (χ4v) is 3.10. The first-order valence-electron chi connectivity index (χ1n) is 8.91. The predicted molar refractivity (Wildman–Crippen MR) is 92.7 cm³/mol. The Balaban J connectivity index is 2.03. The van der Waals surface area contributed by atoms with Crippen molar-refractivity contribution in [1.82, 2.24) is 5.32 Å². The summed E-state index contributed by atoms with van der Waals surface area (Å²) >= 11 is 0. The number of rotatable bonds is 9. The molecular formula is C18H24F4N2O4. The third-order valence-corrected chi connectivity index (χ3v) is 4.62. The fourth-order valence-electron chi connectivity index (χ4n) is 3.10. The lowest BCUT2D eigenvalue weighted by molar-refractivity contribution is -0.149. The van der Waals surface area contributed by atoms with Crippen molar-refractivity contribution in [2.45, 2.75) is 50.0 Å². The predicted octanol–water partition coefficient (Wildman–Crippen LogP) is 1.90. The highest BCUT2D eigenvalue weighted by Crippen LogP contribution is 2.24. The number of ether oxygens (including phenoxy) is 1. The highest BCUT2D eigenvalue weighted by atomic mass is 19.3. The Morgan fingerprint density at radius 2 is 1.96 bits per heavy atom. The van der Waals surface area contributed by atoms with Gasteiger partial charge in [-0.1, -0.05) is 0 Å². The molecule has 4 atom stereocenters. The molecule has 6 nitrogen and oxygen atoms in total. The summed E-state index contributed by atoms with van der Waals surface area (Å²) in [5.41, 5.74) is 5.67. The van der Waals surface area contributed by atoms with Crippen LogP contribution in [-0.4, -0.2) is 47.8 Å². The molecule has 1 aromatic rings. The van der Waals surface area contributed by atoms with E-state index in [1.807, 2.05) is 0 Å². The maximum Gasteiger partial charge on any atom is 0.194 e. The summed E-state index contributed by atoms with van der Waals surface area (Å²) in [4.78, 5) is 3.51. The fraction of sp³-hybridized carbons (Fsp3) is 0.556. The molecule has 2 rings (SSSR count). The van der Waals surface area contributed by atoms with Crippen LogP contribution in [0.5, 0.6) is 0 Å². The molecule has 158 valence electrons. The minimum atomic E-state index is -1.59. The summed E-state index contributed by atoms with van der Waals surface area (Å²) in [5.74, 6) is -4.32. The number of nitrogens with two attached hydrogens (primary N) is 1. The van der Waals surface area contributed by atoms with Crippen molar-refractivity contribution in [3.8, 4) is 0 Å². The van der Waals surface area contributed by atoms with Crippen LogP contribution in [0, 0.1) is 17.5 Å². The molecule has 28 heavy (non-hydrogen) atoms. The largest absolute Gasteiger partial charge is 0.397 e.